The summed E-state index contributed by atoms with van der Waals surface area (Å²) in [5.41, 5.74) is 12.0. The minimum Gasteiger partial charge on any atom is -0.228 e. The number of fused-ring (bicyclic) bond motifs is 3. The molecule has 0 radical (unpaired) electrons. The van der Waals surface area contributed by atoms with Crippen molar-refractivity contribution in [3.8, 4) is 90.3 Å². The smallest absolute Gasteiger partial charge is 0.164 e. The average Bonchev–Trinajstić information content (AvgIpc) is 3.73. The summed E-state index contributed by atoms with van der Waals surface area (Å²) in [6.07, 6.45) is 0. The number of nitrogens with zero attached hydrogens (tertiary/aromatic N) is 5. The highest BCUT2D eigenvalue weighted by atomic mass is 32.1. The van der Waals surface area contributed by atoms with Crippen molar-refractivity contribution in [3.05, 3.63) is 212 Å². The Balaban J connectivity index is 0.956. The van der Waals surface area contributed by atoms with E-state index >= 15 is 0 Å². The Hall–Kier alpha value is -7.93. The van der Waals surface area contributed by atoms with E-state index < -0.39 is 0 Å². The molecule has 0 aliphatic rings. The van der Waals surface area contributed by atoms with Crippen molar-refractivity contribution in [2.75, 3.05) is 0 Å². The van der Waals surface area contributed by atoms with Crippen molar-refractivity contribution in [1.82, 2.24) is 24.9 Å². The lowest BCUT2D eigenvalue weighted by atomic mass is 9.97. The fraction of sp³-hybridized carbons (Fsp3) is 0. The van der Waals surface area contributed by atoms with Crippen LogP contribution in [0.3, 0.4) is 0 Å². The van der Waals surface area contributed by atoms with Crippen LogP contribution in [0.25, 0.3) is 110 Å². The van der Waals surface area contributed by atoms with Gasteiger partial charge in [0.15, 0.2) is 23.3 Å². The Morgan fingerprint density at radius 3 is 1.18 bits per heavy atom. The third-order valence-corrected chi connectivity index (χ3v) is 12.1. The molecule has 6 heteroatoms. The zero-order valence-corrected chi connectivity index (χ0v) is 33.7. The molecule has 0 bridgehead atoms. The zero-order valence-electron chi connectivity index (χ0n) is 32.9. The Bertz CT molecular complexity index is 3310. The first-order valence-electron chi connectivity index (χ1n) is 20.2. The fourth-order valence-electron chi connectivity index (χ4n) is 7.86. The molecule has 0 unspecified atom stereocenters. The fourth-order valence-corrected chi connectivity index (χ4v) is 9.00. The summed E-state index contributed by atoms with van der Waals surface area (Å²) in [7, 11) is 0. The van der Waals surface area contributed by atoms with E-state index in [1.807, 2.05) is 78.1 Å². The molecule has 3 aromatic heterocycles. The SMILES string of the molecule is c1ccc(-c2cc(-c3ccc4c(c3)sc3ccccc34)nc(-c3cccc(-c4cccc(-c5cccc(-c6nc(-c7ccccc7)nc(-c7ccccc7)n6)c5)c4)c3)n2)cc1. The van der Waals surface area contributed by atoms with Gasteiger partial charge in [0.25, 0.3) is 0 Å². The maximum absolute atomic E-state index is 5.23. The summed E-state index contributed by atoms with van der Waals surface area (Å²) in [6, 6.07) is 73.5. The van der Waals surface area contributed by atoms with Gasteiger partial charge >= 0.3 is 0 Å². The number of hydrogen-bond donors (Lipinski definition) is 0. The monoisotopic (exact) mass is 797 g/mol. The summed E-state index contributed by atoms with van der Waals surface area (Å²) in [4.78, 5) is 25.2. The standard InChI is InChI=1S/C55H35N5S/c1-4-15-36(16-5-1)48-35-49(43-29-30-47-46-27-10-11-28-50(46)61-51(47)34-43)57-54(56-48)44-25-13-23-41(32-44)39-21-12-22-40(31-39)42-24-14-26-45(33-42)55-59-52(37-17-6-2-7-18-37)58-53(60-55)38-19-8-3-9-20-38/h1-35H. The second-order valence-electron chi connectivity index (χ2n) is 14.9. The lowest BCUT2D eigenvalue weighted by Gasteiger charge is -2.12. The highest BCUT2D eigenvalue weighted by Crippen LogP contribution is 2.38. The van der Waals surface area contributed by atoms with Crippen molar-refractivity contribution in [3.63, 3.8) is 0 Å². The molecule has 61 heavy (non-hydrogen) atoms. The minimum atomic E-state index is 0.624. The van der Waals surface area contributed by atoms with E-state index in [1.54, 1.807) is 0 Å². The molecule has 5 nitrogen and oxygen atoms in total. The van der Waals surface area contributed by atoms with Crippen molar-refractivity contribution >= 4 is 31.5 Å². The molecule has 0 saturated heterocycles. The van der Waals surface area contributed by atoms with Gasteiger partial charge in [0, 0.05) is 53.6 Å². The number of benzene rings is 8. The van der Waals surface area contributed by atoms with Gasteiger partial charge in [0.2, 0.25) is 0 Å². The number of thiophene rings is 1. The summed E-state index contributed by atoms with van der Waals surface area (Å²) >= 11 is 1.82. The molecule has 8 aromatic carbocycles. The summed E-state index contributed by atoms with van der Waals surface area (Å²) in [6.45, 7) is 0. The molecule has 0 fully saturated rings. The predicted molar refractivity (Wildman–Crippen MR) is 252 cm³/mol. The van der Waals surface area contributed by atoms with Crippen LogP contribution in [0.1, 0.15) is 0 Å². The molecule has 286 valence electrons. The third kappa shape index (κ3) is 7.26. The number of hydrogen-bond acceptors (Lipinski definition) is 6. The van der Waals surface area contributed by atoms with E-state index in [2.05, 4.69) is 146 Å². The van der Waals surface area contributed by atoms with E-state index in [0.717, 1.165) is 67.0 Å². The van der Waals surface area contributed by atoms with E-state index in [4.69, 9.17) is 24.9 Å². The second kappa shape index (κ2) is 15.7. The molecule has 0 atom stereocenters. The van der Waals surface area contributed by atoms with Crippen molar-refractivity contribution < 1.29 is 0 Å². The Kier molecular flexibility index (Phi) is 9.30. The van der Waals surface area contributed by atoms with Crippen LogP contribution in [0.2, 0.25) is 0 Å². The largest absolute Gasteiger partial charge is 0.228 e. The molecular weight excluding hydrogens is 763 g/mol. The van der Waals surface area contributed by atoms with Crippen LogP contribution in [0.4, 0.5) is 0 Å². The van der Waals surface area contributed by atoms with Crippen LogP contribution in [-0.4, -0.2) is 24.9 Å². The first-order chi connectivity index (χ1) is 30.2. The molecule has 0 amide bonds. The Morgan fingerprint density at radius 1 is 0.230 bits per heavy atom. The van der Waals surface area contributed by atoms with Gasteiger partial charge in [-0.1, -0.05) is 176 Å². The molecule has 11 aromatic rings. The summed E-state index contributed by atoms with van der Waals surface area (Å²) < 4.78 is 2.53. The van der Waals surface area contributed by atoms with Crippen LogP contribution >= 0.6 is 11.3 Å². The van der Waals surface area contributed by atoms with Crippen LogP contribution in [0.15, 0.2) is 212 Å². The Labute approximate surface area is 357 Å². The number of rotatable bonds is 8. The van der Waals surface area contributed by atoms with Crippen LogP contribution in [0, 0.1) is 0 Å². The zero-order chi connectivity index (χ0) is 40.5. The minimum absolute atomic E-state index is 0.624. The normalized spacial score (nSPS) is 11.3. The van der Waals surface area contributed by atoms with Crippen LogP contribution in [0.5, 0.6) is 0 Å². The van der Waals surface area contributed by atoms with Gasteiger partial charge in [-0.25, -0.2) is 24.9 Å². The quantitative estimate of drug-likeness (QED) is 0.153. The van der Waals surface area contributed by atoms with Gasteiger partial charge < -0.3 is 0 Å². The van der Waals surface area contributed by atoms with Crippen molar-refractivity contribution in [1.29, 1.82) is 0 Å². The second-order valence-corrected chi connectivity index (χ2v) is 16.0. The molecule has 0 spiro atoms. The van der Waals surface area contributed by atoms with Gasteiger partial charge in [-0.05, 0) is 58.7 Å². The molecular formula is C55H35N5S. The third-order valence-electron chi connectivity index (χ3n) is 10.9. The predicted octanol–water partition coefficient (Wildman–Crippen LogP) is 14.4. The summed E-state index contributed by atoms with van der Waals surface area (Å²) in [5, 5.41) is 2.55. The molecule has 0 aliphatic heterocycles. The summed E-state index contributed by atoms with van der Waals surface area (Å²) in [5.74, 6) is 2.58. The van der Waals surface area contributed by atoms with E-state index in [1.165, 1.54) is 20.2 Å². The van der Waals surface area contributed by atoms with Gasteiger partial charge in [0.05, 0.1) is 11.4 Å². The number of aromatic nitrogens is 5. The molecule has 0 saturated carbocycles. The maximum Gasteiger partial charge on any atom is 0.164 e. The first kappa shape index (κ1) is 36.2. The van der Waals surface area contributed by atoms with E-state index in [0.29, 0.717) is 23.3 Å². The van der Waals surface area contributed by atoms with Gasteiger partial charge in [-0.3, -0.25) is 0 Å². The average molecular weight is 798 g/mol. The van der Waals surface area contributed by atoms with Crippen LogP contribution in [-0.2, 0) is 0 Å². The van der Waals surface area contributed by atoms with Gasteiger partial charge in [-0.2, -0.15) is 0 Å². The first-order valence-corrected chi connectivity index (χ1v) is 21.0. The highest BCUT2D eigenvalue weighted by Gasteiger charge is 2.16. The Morgan fingerprint density at radius 2 is 0.623 bits per heavy atom. The topological polar surface area (TPSA) is 64.5 Å². The lowest BCUT2D eigenvalue weighted by Crippen LogP contribution is -2.00. The van der Waals surface area contributed by atoms with Crippen molar-refractivity contribution in [2.45, 2.75) is 0 Å². The lowest BCUT2D eigenvalue weighted by molar-refractivity contribution is 1.07. The molecule has 11 rings (SSSR count). The van der Waals surface area contributed by atoms with Crippen LogP contribution < -0.4 is 0 Å². The molecule has 0 N–H and O–H groups in total. The van der Waals surface area contributed by atoms with Gasteiger partial charge in [0.1, 0.15) is 0 Å². The van der Waals surface area contributed by atoms with Gasteiger partial charge in [-0.15, -0.1) is 11.3 Å². The molecule has 0 aliphatic carbocycles. The molecule has 3 heterocycles. The van der Waals surface area contributed by atoms with E-state index in [9.17, 15) is 0 Å². The highest BCUT2D eigenvalue weighted by molar-refractivity contribution is 7.25. The van der Waals surface area contributed by atoms with Crippen molar-refractivity contribution in [2.24, 2.45) is 0 Å². The maximum atomic E-state index is 5.23. The van der Waals surface area contributed by atoms with E-state index in [-0.39, 0.29) is 0 Å².